The quantitative estimate of drug-likeness (QED) is 0.890. The van der Waals surface area contributed by atoms with Crippen LogP contribution in [-0.2, 0) is 0 Å². The molecule has 20 heavy (non-hydrogen) atoms. The van der Waals surface area contributed by atoms with Crippen LogP contribution in [0.15, 0.2) is 12.1 Å². The zero-order valence-corrected chi connectivity index (χ0v) is 12.6. The molecule has 1 aliphatic heterocycles. The molecule has 1 atom stereocenters. The Labute approximate surface area is 120 Å². The predicted molar refractivity (Wildman–Crippen MR) is 79.4 cm³/mol. The largest absolute Gasteiger partial charge is 0.505 e. The van der Waals surface area contributed by atoms with Crippen LogP contribution in [0.4, 0.5) is 4.39 Å². The first-order valence-electron chi connectivity index (χ1n) is 7.43. The minimum atomic E-state index is -0.480. The highest BCUT2D eigenvalue weighted by Gasteiger charge is 2.26. The van der Waals surface area contributed by atoms with E-state index in [0.717, 1.165) is 38.2 Å². The molecule has 0 aliphatic carbocycles. The van der Waals surface area contributed by atoms with Crippen molar-refractivity contribution in [1.29, 1.82) is 0 Å². The van der Waals surface area contributed by atoms with Gasteiger partial charge in [0.25, 0.3) is 0 Å². The number of aryl methyl sites for hydroxylation is 1. The second kappa shape index (κ2) is 6.55. The van der Waals surface area contributed by atoms with Gasteiger partial charge in [-0.25, -0.2) is 4.39 Å². The van der Waals surface area contributed by atoms with Crippen LogP contribution in [0.1, 0.15) is 37.4 Å². The molecule has 0 spiro atoms. The lowest BCUT2D eigenvalue weighted by Crippen LogP contribution is -2.45. The Morgan fingerprint density at radius 2 is 1.95 bits per heavy atom. The number of nitrogens with one attached hydrogen (secondary N) is 1. The number of hydrogen-bond donors (Lipinski definition) is 2. The summed E-state index contributed by atoms with van der Waals surface area (Å²) in [6, 6.07) is 3.73. The van der Waals surface area contributed by atoms with Gasteiger partial charge in [0.1, 0.15) is 0 Å². The Kier molecular flexibility index (Phi) is 5.00. The minimum absolute atomic E-state index is 0.0900. The highest BCUT2D eigenvalue weighted by atomic mass is 19.1. The second-order valence-corrected chi connectivity index (χ2v) is 6.07. The maximum Gasteiger partial charge on any atom is 0.168 e. The van der Waals surface area contributed by atoms with Crippen molar-refractivity contribution in [3.8, 4) is 5.75 Å². The normalized spacial score (nSPS) is 18.4. The Morgan fingerprint density at radius 1 is 1.30 bits per heavy atom. The van der Waals surface area contributed by atoms with E-state index in [1.54, 1.807) is 13.0 Å². The van der Waals surface area contributed by atoms with E-state index in [-0.39, 0.29) is 11.8 Å². The summed E-state index contributed by atoms with van der Waals surface area (Å²) >= 11 is 0. The standard InChI is InChI=1S/C16H25FN2O/c1-11(2)10-14(19-8-6-18-7-9-19)13-5-4-12(3)15(17)16(13)20/h4-5,11,14,18,20H,6-10H2,1-3H3/t14-/m0/s1. The third-order valence-corrected chi connectivity index (χ3v) is 3.99. The monoisotopic (exact) mass is 280 g/mol. The van der Waals surface area contributed by atoms with Crippen LogP contribution in [0.2, 0.25) is 0 Å². The summed E-state index contributed by atoms with van der Waals surface area (Å²) in [6.45, 7) is 9.78. The zero-order chi connectivity index (χ0) is 14.7. The Balaban J connectivity index is 2.32. The summed E-state index contributed by atoms with van der Waals surface area (Å²) in [5.41, 5.74) is 1.22. The minimum Gasteiger partial charge on any atom is -0.505 e. The fraction of sp³-hybridized carbons (Fsp3) is 0.625. The van der Waals surface area contributed by atoms with Gasteiger partial charge in [-0.15, -0.1) is 0 Å². The molecule has 0 saturated carbocycles. The molecule has 0 radical (unpaired) electrons. The van der Waals surface area contributed by atoms with Gasteiger partial charge in [-0.3, -0.25) is 4.90 Å². The number of phenolic OH excluding ortho intramolecular Hbond substituents is 1. The predicted octanol–water partition coefficient (Wildman–Crippen LogP) is 2.83. The number of phenols is 1. The number of nitrogens with zero attached hydrogens (tertiary/aromatic N) is 1. The van der Waals surface area contributed by atoms with E-state index in [1.165, 1.54) is 0 Å². The number of piperazine rings is 1. The highest BCUT2D eigenvalue weighted by molar-refractivity contribution is 5.40. The molecule has 2 N–H and O–H groups in total. The molecule has 1 fully saturated rings. The van der Waals surface area contributed by atoms with E-state index in [0.29, 0.717) is 11.5 Å². The number of halogens is 1. The van der Waals surface area contributed by atoms with Crippen molar-refractivity contribution in [2.24, 2.45) is 5.92 Å². The molecule has 3 nitrogen and oxygen atoms in total. The summed E-state index contributed by atoms with van der Waals surface area (Å²) in [5, 5.41) is 13.5. The average molecular weight is 280 g/mol. The third-order valence-electron chi connectivity index (χ3n) is 3.99. The Bertz CT molecular complexity index is 456. The van der Waals surface area contributed by atoms with Crippen molar-refractivity contribution in [3.63, 3.8) is 0 Å². The SMILES string of the molecule is Cc1ccc([C@H](CC(C)C)N2CCNCC2)c(O)c1F. The highest BCUT2D eigenvalue weighted by Crippen LogP contribution is 2.36. The van der Waals surface area contributed by atoms with Crippen LogP contribution in [0.3, 0.4) is 0 Å². The van der Waals surface area contributed by atoms with Crippen molar-refractivity contribution in [2.45, 2.75) is 33.2 Å². The van der Waals surface area contributed by atoms with Gasteiger partial charge in [0, 0.05) is 37.8 Å². The summed E-state index contributed by atoms with van der Waals surface area (Å²) < 4.78 is 14.0. The van der Waals surface area contributed by atoms with Crippen LogP contribution >= 0.6 is 0 Å². The van der Waals surface area contributed by atoms with Gasteiger partial charge in [0.05, 0.1) is 0 Å². The summed E-state index contributed by atoms with van der Waals surface area (Å²) in [4.78, 5) is 2.35. The van der Waals surface area contributed by atoms with Gasteiger partial charge < -0.3 is 10.4 Å². The van der Waals surface area contributed by atoms with E-state index in [9.17, 15) is 9.50 Å². The summed E-state index contributed by atoms with van der Waals surface area (Å²) in [7, 11) is 0. The number of hydrogen-bond acceptors (Lipinski definition) is 3. The molecular formula is C16H25FN2O. The molecule has 0 aromatic heterocycles. The van der Waals surface area contributed by atoms with Crippen molar-refractivity contribution in [3.05, 3.63) is 29.1 Å². The number of rotatable bonds is 4. The summed E-state index contributed by atoms with van der Waals surface area (Å²) in [6.07, 6.45) is 0.927. The molecule has 1 aromatic rings. The van der Waals surface area contributed by atoms with Crippen LogP contribution < -0.4 is 5.32 Å². The van der Waals surface area contributed by atoms with Crippen molar-refractivity contribution in [1.82, 2.24) is 10.2 Å². The maximum atomic E-state index is 14.0. The van der Waals surface area contributed by atoms with E-state index < -0.39 is 5.82 Å². The van der Waals surface area contributed by atoms with Crippen LogP contribution in [0.25, 0.3) is 0 Å². The molecule has 0 amide bonds. The van der Waals surface area contributed by atoms with Gasteiger partial charge in [-0.1, -0.05) is 26.0 Å². The molecular weight excluding hydrogens is 255 g/mol. The van der Waals surface area contributed by atoms with Gasteiger partial charge in [-0.05, 0) is 24.8 Å². The fourth-order valence-electron chi connectivity index (χ4n) is 2.86. The van der Waals surface area contributed by atoms with Crippen molar-refractivity contribution >= 4 is 0 Å². The lowest BCUT2D eigenvalue weighted by atomic mass is 9.93. The average Bonchev–Trinajstić information content (AvgIpc) is 2.44. The maximum absolute atomic E-state index is 14.0. The van der Waals surface area contributed by atoms with Crippen LogP contribution in [-0.4, -0.2) is 36.2 Å². The fourth-order valence-corrected chi connectivity index (χ4v) is 2.86. The van der Waals surface area contributed by atoms with Crippen LogP contribution in [0.5, 0.6) is 5.75 Å². The van der Waals surface area contributed by atoms with E-state index in [1.807, 2.05) is 6.07 Å². The lowest BCUT2D eigenvalue weighted by Gasteiger charge is -2.36. The lowest BCUT2D eigenvalue weighted by molar-refractivity contribution is 0.151. The first-order chi connectivity index (χ1) is 9.50. The Hall–Kier alpha value is -1.13. The smallest absolute Gasteiger partial charge is 0.168 e. The molecule has 4 heteroatoms. The molecule has 1 heterocycles. The van der Waals surface area contributed by atoms with Crippen LogP contribution in [0, 0.1) is 18.7 Å². The molecule has 1 saturated heterocycles. The molecule has 112 valence electrons. The first-order valence-corrected chi connectivity index (χ1v) is 7.43. The third kappa shape index (κ3) is 3.30. The Morgan fingerprint density at radius 3 is 2.55 bits per heavy atom. The van der Waals surface area contributed by atoms with Gasteiger partial charge in [0.2, 0.25) is 0 Å². The number of aromatic hydroxyl groups is 1. The summed E-state index contributed by atoms with van der Waals surface area (Å²) in [5.74, 6) is -0.153. The van der Waals surface area contributed by atoms with Crippen molar-refractivity contribution < 1.29 is 9.50 Å². The zero-order valence-electron chi connectivity index (χ0n) is 12.6. The number of benzene rings is 1. The van der Waals surface area contributed by atoms with Gasteiger partial charge in [-0.2, -0.15) is 0 Å². The van der Waals surface area contributed by atoms with E-state index >= 15 is 0 Å². The topological polar surface area (TPSA) is 35.5 Å². The van der Waals surface area contributed by atoms with Crippen molar-refractivity contribution in [2.75, 3.05) is 26.2 Å². The molecule has 1 aromatic carbocycles. The second-order valence-electron chi connectivity index (χ2n) is 6.07. The molecule has 0 bridgehead atoms. The van der Waals surface area contributed by atoms with E-state index in [2.05, 4.69) is 24.1 Å². The first kappa shape index (κ1) is 15.3. The van der Waals surface area contributed by atoms with Gasteiger partial charge in [0.15, 0.2) is 11.6 Å². The molecule has 1 aliphatic rings. The molecule has 2 rings (SSSR count). The molecule has 0 unspecified atom stereocenters. The van der Waals surface area contributed by atoms with Gasteiger partial charge >= 0.3 is 0 Å². The van der Waals surface area contributed by atoms with E-state index in [4.69, 9.17) is 0 Å².